The molecule has 0 aliphatic carbocycles. The van der Waals surface area contributed by atoms with Crippen LogP contribution in [0, 0.1) is 5.92 Å². The van der Waals surface area contributed by atoms with Gasteiger partial charge in [0.2, 0.25) is 0 Å². The topological polar surface area (TPSA) is 89.1 Å². The normalized spacial score (nSPS) is 25.4. The molecule has 0 unspecified atom stereocenters. The van der Waals surface area contributed by atoms with E-state index in [1.807, 2.05) is 6.07 Å². The molecule has 3 saturated heterocycles. The molecule has 3 aliphatic heterocycles. The van der Waals surface area contributed by atoms with Crippen molar-refractivity contribution >= 4 is 16.9 Å². The molecule has 0 spiro atoms. The monoisotopic (exact) mass is 338 g/mol. The Kier molecular flexibility index (Phi) is 3.30. The zero-order valence-corrected chi connectivity index (χ0v) is 13.6. The van der Waals surface area contributed by atoms with Gasteiger partial charge in [0, 0.05) is 18.8 Å². The largest absolute Gasteiger partial charge is 0.460 e. The smallest absolute Gasteiger partial charge is 0.274 e. The van der Waals surface area contributed by atoms with Crippen molar-refractivity contribution in [2.75, 3.05) is 19.6 Å². The third kappa shape index (κ3) is 2.41. The van der Waals surface area contributed by atoms with Crippen LogP contribution in [0.3, 0.4) is 0 Å². The first kappa shape index (κ1) is 14.6. The highest BCUT2D eigenvalue weighted by atomic mass is 16.3. The highest BCUT2D eigenvalue weighted by Gasteiger charge is 2.35. The number of amides is 1. The first-order valence-corrected chi connectivity index (χ1v) is 8.54. The van der Waals surface area contributed by atoms with E-state index in [0.717, 1.165) is 43.5 Å². The van der Waals surface area contributed by atoms with Crippen LogP contribution in [0.2, 0.25) is 0 Å². The summed E-state index contributed by atoms with van der Waals surface area (Å²) in [6.07, 6.45) is 8.56. The molecule has 6 rings (SSSR count). The molecule has 1 N–H and O–H groups in total. The third-order valence-electron chi connectivity index (χ3n) is 5.32. The molecule has 8 nitrogen and oxygen atoms in total. The standard InChI is InChI=1S/C17H18N6O2/c24-17(21-13-7-22-5-2-11(13)3-6-22)15-16-12(1-4-19-15)14(8-25-16)23-10-18-9-20-23/h1,4,8-11,13H,2-3,5-7H2,(H,21,24)/t13-/m0/s1. The van der Waals surface area contributed by atoms with Crippen molar-refractivity contribution in [3.63, 3.8) is 0 Å². The lowest BCUT2D eigenvalue weighted by Crippen LogP contribution is -2.57. The number of piperidine rings is 3. The summed E-state index contributed by atoms with van der Waals surface area (Å²) in [5, 5.41) is 8.08. The summed E-state index contributed by atoms with van der Waals surface area (Å²) in [5.74, 6) is 0.388. The number of furan rings is 1. The summed E-state index contributed by atoms with van der Waals surface area (Å²) in [5.41, 5.74) is 1.54. The molecule has 3 aromatic heterocycles. The van der Waals surface area contributed by atoms with Gasteiger partial charge in [-0.2, -0.15) is 5.10 Å². The zero-order chi connectivity index (χ0) is 16.8. The molecule has 0 radical (unpaired) electrons. The number of aromatic nitrogens is 4. The maximum absolute atomic E-state index is 12.8. The van der Waals surface area contributed by atoms with Gasteiger partial charge in [-0.3, -0.25) is 4.79 Å². The fraction of sp³-hybridized carbons (Fsp3) is 0.412. The third-order valence-corrected chi connectivity index (χ3v) is 5.32. The van der Waals surface area contributed by atoms with Gasteiger partial charge in [0.25, 0.3) is 5.91 Å². The SMILES string of the molecule is O=C(N[C@H]1CN2CCC1CC2)c1nccc2c(-n3cncn3)coc12. The lowest BCUT2D eigenvalue weighted by atomic mass is 9.84. The van der Waals surface area contributed by atoms with Crippen LogP contribution < -0.4 is 5.32 Å². The fourth-order valence-corrected chi connectivity index (χ4v) is 3.98. The lowest BCUT2D eigenvalue weighted by Gasteiger charge is -2.44. The summed E-state index contributed by atoms with van der Waals surface area (Å²) < 4.78 is 7.27. The van der Waals surface area contributed by atoms with E-state index in [0.29, 0.717) is 17.2 Å². The Labute approximate surface area is 143 Å². The molecule has 1 amide bonds. The molecule has 8 heteroatoms. The van der Waals surface area contributed by atoms with Crippen LogP contribution in [0.4, 0.5) is 0 Å². The number of hydrogen-bond acceptors (Lipinski definition) is 6. The van der Waals surface area contributed by atoms with Gasteiger partial charge in [0.15, 0.2) is 11.3 Å². The molecule has 128 valence electrons. The Bertz CT molecular complexity index is 911. The molecular formula is C17H18N6O2. The van der Waals surface area contributed by atoms with Crippen molar-refractivity contribution in [2.45, 2.75) is 18.9 Å². The number of nitrogens with one attached hydrogen (secondary N) is 1. The number of fused-ring (bicyclic) bond motifs is 4. The fourth-order valence-electron chi connectivity index (χ4n) is 3.98. The summed E-state index contributed by atoms with van der Waals surface area (Å²) in [6, 6.07) is 2.01. The van der Waals surface area contributed by atoms with Gasteiger partial charge in [-0.15, -0.1) is 0 Å². The molecule has 3 fully saturated rings. The molecule has 0 aromatic carbocycles. The number of pyridine rings is 1. The van der Waals surface area contributed by atoms with Crippen LogP contribution in [0.1, 0.15) is 23.3 Å². The lowest BCUT2D eigenvalue weighted by molar-refractivity contribution is 0.0618. The van der Waals surface area contributed by atoms with Gasteiger partial charge >= 0.3 is 0 Å². The Hall–Kier alpha value is -2.74. The first-order chi connectivity index (χ1) is 12.3. The predicted octanol–water partition coefficient (Wildman–Crippen LogP) is 1.23. The molecule has 0 saturated carbocycles. The van der Waals surface area contributed by atoms with E-state index < -0.39 is 0 Å². The number of carbonyl (C=O) groups is 1. The van der Waals surface area contributed by atoms with Crippen LogP contribution >= 0.6 is 0 Å². The quantitative estimate of drug-likeness (QED) is 0.773. The summed E-state index contributed by atoms with van der Waals surface area (Å²) in [6.45, 7) is 3.21. The van der Waals surface area contributed by atoms with Crippen molar-refractivity contribution in [3.05, 3.63) is 36.9 Å². The second-order valence-corrected chi connectivity index (χ2v) is 6.72. The summed E-state index contributed by atoms with van der Waals surface area (Å²) in [7, 11) is 0. The second kappa shape index (κ2) is 5.66. The van der Waals surface area contributed by atoms with E-state index in [1.165, 1.54) is 6.33 Å². The van der Waals surface area contributed by atoms with Gasteiger partial charge in [0.05, 0.1) is 5.39 Å². The molecule has 3 aliphatic rings. The summed E-state index contributed by atoms with van der Waals surface area (Å²) in [4.78, 5) is 23.4. The average molecular weight is 338 g/mol. The highest BCUT2D eigenvalue weighted by molar-refractivity contribution is 6.04. The minimum Gasteiger partial charge on any atom is -0.460 e. The van der Waals surface area contributed by atoms with Crippen molar-refractivity contribution in [1.29, 1.82) is 0 Å². The Morgan fingerprint density at radius 1 is 1.32 bits per heavy atom. The average Bonchev–Trinajstić information content (AvgIpc) is 3.31. The van der Waals surface area contributed by atoms with Crippen LogP contribution in [-0.2, 0) is 0 Å². The van der Waals surface area contributed by atoms with Crippen LogP contribution in [0.5, 0.6) is 0 Å². The number of rotatable bonds is 3. The van der Waals surface area contributed by atoms with E-state index in [4.69, 9.17) is 4.42 Å². The molecule has 3 aromatic rings. The summed E-state index contributed by atoms with van der Waals surface area (Å²) >= 11 is 0. The van der Waals surface area contributed by atoms with Gasteiger partial charge < -0.3 is 14.6 Å². The van der Waals surface area contributed by atoms with Gasteiger partial charge in [-0.1, -0.05) is 0 Å². The second-order valence-electron chi connectivity index (χ2n) is 6.72. The molecule has 25 heavy (non-hydrogen) atoms. The molecule has 2 bridgehead atoms. The molecular weight excluding hydrogens is 320 g/mol. The highest BCUT2D eigenvalue weighted by Crippen LogP contribution is 2.29. The van der Waals surface area contributed by atoms with Gasteiger partial charge in [-0.25, -0.2) is 14.6 Å². The zero-order valence-electron chi connectivity index (χ0n) is 13.6. The minimum absolute atomic E-state index is 0.177. The van der Waals surface area contributed by atoms with Crippen molar-refractivity contribution < 1.29 is 9.21 Å². The van der Waals surface area contributed by atoms with E-state index in [1.54, 1.807) is 23.5 Å². The van der Waals surface area contributed by atoms with Crippen molar-refractivity contribution in [2.24, 2.45) is 5.92 Å². The molecule has 1 atom stereocenters. The maximum atomic E-state index is 12.8. The Balaban J connectivity index is 1.45. The van der Waals surface area contributed by atoms with E-state index in [2.05, 4.69) is 25.3 Å². The van der Waals surface area contributed by atoms with Crippen LogP contribution in [-0.4, -0.2) is 56.2 Å². The van der Waals surface area contributed by atoms with E-state index in [9.17, 15) is 4.79 Å². The Morgan fingerprint density at radius 2 is 2.20 bits per heavy atom. The number of hydrogen-bond donors (Lipinski definition) is 1. The maximum Gasteiger partial charge on any atom is 0.274 e. The van der Waals surface area contributed by atoms with E-state index >= 15 is 0 Å². The van der Waals surface area contributed by atoms with Crippen LogP contribution in [0.15, 0.2) is 35.6 Å². The Morgan fingerprint density at radius 3 is 2.92 bits per heavy atom. The van der Waals surface area contributed by atoms with Gasteiger partial charge in [0.1, 0.15) is 24.6 Å². The van der Waals surface area contributed by atoms with Crippen molar-refractivity contribution in [1.82, 2.24) is 30.0 Å². The number of nitrogens with zero attached hydrogens (tertiary/aromatic N) is 5. The van der Waals surface area contributed by atoms with E-state index in [-0.39, 0.29) is 11.9 Å². The number of carbonyl (C=O) groups excluding carboxylic acids is 1. The molecule has 6 heterocycles. The van der Waals surface area contributed by atoms with Gasteiger partial charge in [-0.05, 0) is 37.9 Å². The minimum atomic E-state index is -0.177. The first-order valence-electron chi connectivity index (χ1n) is 8.54. The van der Waals surface area contributed by atoms with Crippen molar-refractivity contribution in [3.8, 4) is 5.69 Å². The van der Waals surface area contributed by atoms with Crippen LogP contribution in [0.25, 0.3) is 16.7 Å². The predicted molar refractivity (Wildman–Crippen MR) is 89.3 cm³/mol.